The minimum Gasteiger partial charge on any atom is -0.409 e. The monoisotopic (exact) mass is 173 g/mol. The molecule has 0 saturated heterocycles. The smallest absolute Gasteiger partial charge is 0.152 e. The summed E-state index contributed by atoms with van der Waals surface area (Å²) in [4.78, 5) is 4.79. The summed E-state index contributed by atoms with van der Waals surface area (Å²) in [6.45, 7) is 2.38. The molecular weight excluding hydrogens is 164 g/mol. The molecule has 66 valence electrons. The molecule has 0 unspecified atom stereocenters. The molecule has 0 spiro atoms. The molecule has 0 aliphatic carbocycles. The lowest BCUT2D eigenvalue weighted by Crippen LogP contribution is -2.17. The van der Waals surface area contributed by atoms with Gasteiger partial charge in [-0.2, -0.15) is 5.48 Å². The van der Waals surface area contributed by atoms with Gasteiger partial charge in [0.25, 0.3) is 0 Å². The molecule has 4 heteroatoms. The first-order valence-corrected chi connectivity index (χ1v) is 3.58. The number of rotatable bonds is 3. The van der Waals surface area contributed by atoms with Gasteiger partial charge in [0.1, 0.15) is 11.6 Å². The lowest BCUT2D eigenvalue weighted by Gasteiger charge is -2.04. The van der Waals surface area contributed by atoms with Gasteiger partial charge in [-0.1, -0.05) is 0 Å². The first-order chi connectivity index (χ1) is 5.72. The van der Waals surface area contributed by atoms with Crippen molar-refractivity contribution in [2.24, 2.45) is 0 Å². The minimum absolute atomic E-state index is 0.134. The average Bonchev–Trinajstić information content (AvgIpc) is 1.99. The highest BCUT2D eigenvalue weighted by atomic mass is 19.1. The van der Waals surface area contributed by atoms with Crippen LogP contribution in [0.25, 0.3) is 0 Å². The summed E-state index contributed by atoms with van der Waals surface area (Å²) < 4.78 is 25.0. The largest absolute Gasteiger partial charge is 0.409 e. The van der Waals surface area contributed by atoms with E-state index in [1.165, 1.54) is 0 Å². The van der Waals surface area contributed by atoms with E-state index in [0.29, 0.717) is 6.54 Å². The van der Waals surface area contributed by atoms with Crippen molar-refractivity contribution < 1.29 is 13.6 Å². The van der Waals surface area contributed by atoms with Gasteiger partial charge in [0.05, 0.1) is 0 Å². The molecular formula is C8H9F2NO. The maximum Gasteiger partial charge on any atom is 0.152 e. The van der Waals surface area contributed by atoms with Crippen molar-refractivity contribution in [1.82, 2.24) is 5.48 Å². The summed E-state index contributed by atoms with van der Waals surface area (Å²) in [5.41, 5.74) is 2.49. The second kappa shape index (κ2) is 4.01. The lowest BCUT2D eigenvalue weighted by molar-refractivity contribution is 0.200. The normalized spacial score (nSPS) is 9.92. The lowest BCUT2D eigenvalue weighted by atomic mass is 10.3. The van der Waals surface area contributed by atoms with Crippen molar-refractivity contribution >= 4 is 0 Å². The molecule has 0 radical (unpaired) electrons. The number of halogens is 2. The number of hydroxylamine groups is 1. The molecule has 0 aliphatic heterocycles. The third kappa shape index (κ3) is 2.47. The standard InChI is InChI=1S/C8H9F2NO/c1-2-11-12-8-4-6(9)3-7(10)5-8/h3-5,11H,2H2,1H3. The highest BCUT2D eigenvalue weighted by Crippen LogP contribution is 2.13. The predicted molar refractivity (Wildman–Crippen MR) is 40.7 cm³/mol. The Labute approximate surface area is 69.1 Å². The maximum absolute atomic E-state index is 12.5. The van der Waals surface area contributed by atoms with Crippen molar-refractivity contribution in [3.05, 3.63) is 29.8 Å². The molecule has 12 heavy (non-hydrogen) atoms. The molecule has 0 aliphatic rings. The van der Waals surface area contributed by atoms with Crippen molar-refractivity contribution in [2.45, 2.75) is 6.92 Å². The highest BCUT2D eigenvalue weighted by molar-refractivity contribution is 5.23. The molecule has 0 aromatic heterocycles. The Kier molecular flexibility index (Phi) is 2.99. The summed E-state index contributed by atoms with van der Waals surface area (Å²) in [7, 11) is 0. The van der Waals surface area contributed by atoms with Crippen molar-refractivity contribution in [3.63, 3.8) is 0 Å². The highest BCUT2D eigenvalue weighted by Gasteiger charge is 2.00. The maximum atomic E-state index is 12.5. The van der Waals surface area contributed by atoms with E-state index in [0.717, 1.165) is 18.2 Å². The molecule has 2 nitrogen and oxygen atoms in total. The first-order valence-electron chi connectivity index (χ1n) is 3.58. The van der Waals surface area contributed by atoms with Gasteiger partial charge < -0.3 is 4.84 Å². The van der Waals surface area contributed by atoms with Crippen LogP contribution in [0.4, 0.5) is 8.78 Å². The molecule has 1 aromatic carbocycles. The molecule has 0 amide bonds. The second-order valence-corrected chi connectivity index (χ2v) is 2.21. The number of hydrogen-bond donors (Lipinski definition) is 1. The van der Waals surface area contributed by atoms with Crippen molar-refractivity contribution in [2.75, 3.05) is 6.54 Å². The van der Waals surface area contributed by atoms with E-state index >= 15 is 0 Å². The van der Waals surface area contributed by atoms with Crippen molar-refractivity contribution in [3.8, 4) is 5.75 Å². The fourth-order valence-corrected chi connectivity index (χ4v) is 0.743. The Hall–Kier alpha value is -1.16. The summed E-state index contributed by atoms with van der Waals surface area (Å²) in [6, 6.07) is 3.00. The van der Waals surface area contributed by atoms with Gasteiger partial charge >= 0.3 is 0 Å². The van der Waals surface area contributed by atoms with Crippen LogP contribution in [0.2, 0.25) is 0 Å². The third-order valence-corrected chi connectivity index (χ3v) is 1.17. The molecule has 1 aromatic rings. The molecule has 0 saturated carbocycles. The van der Waals surface area contributed by atoms with Crippen LogP contribution in [0.1, 0.15) is 6.92 Å². The van der Waals surface area contributed by atoms with E-state index < -0.39 is 11.6 Å². The van der Waals surface area contributed by atoms with Gasteiger partial charge in [-0.3, -0.25) is 0 Å². The van der Waals surface area contributed by atoms with E-state index in [1.54, 1.807) is 0 Å². The van der Waals surface area contributed by atoms with Gasteiger partial charge in [-0.15, -0.1) is 0 Å². The fourth-order valence-electron chi connectivity index (χ4n) is 0.743. The summed E-state index contributed by atoms with van der Waals surface area (Å²) in [5.74, 6) is -1.17. The zero-order valence-corrected chi connectivity index (χ0v) is 6.60. The van der Waals surface area contributed by atoms with Crippen molar-refractivity contribution in [1.29, 1.82) is 0 Å². The summed E-state index contributed by atoms with van der Waals surface area (Å²) in [5, 5.41) is 0. The van der Waals surface area contributed by atoms with Gasteiger partial charge in [-0.25, -0.2) is 8.78 Å². The number of hydrogen-bond acceptors (Lipinski definition) is 2. The first kappa shape index (κ1) is 8.93. The van der Waals surface area contributed by atoms with Gasteiger partial charge in [0.2, 0.25) is 0 Å². The summed E-state index contributed by atoms with van der Waals surface area (Å²) >= 11 is 0. The van der Waals surface area contributed by atoms with Crippen LogP contribution < -0.4 is 10.3 Å². The van der Waals surface area contributed by atoms with Crippen LogP contribution in [0, 0.1) is 11.6 Å². The van der Waals surface area contributed by atoms with E-state index in [1.807, 2.05) is 6.92 Å². The molecule has 0 atom stereocenters. The molecule has 0 fully saturated rings. The second-order valence-electron chi connectivity index (χ2n) is 2.21. The minimum atomic E-state index is -0.650. The molecule has 1 N–H and O–H groups in total. The van der Waals surface area contributed by atoms with E-state index in [2.05, 4.69) is 5.48 Å². The Balaban J connectivity index is 2.72. The number of benzene rings is 1. The third-order valence-electron chi connectivity index (χ3n) is 1.17. The summed E-state index contributed by atoms with van der Waals surface area (Å²) in [6.07, 6.45) is 0. The Morgan fingerprint density at radius 3 is 2.33 bits per heavy atom. The van der Waals surface area contributed by atoms with Crippen LogP contribution >= 0.6 is 0 Å². The number of nitrogens with one attached hydrogen (secondary N) is 1. The zero-order valence-electron chi connectivity index (χ0n) is 6.60. The van der Waals surface area contributed by atoms with E-state index in [4.69, 9.17) is 4.84 Å². The topological polar surface area (TPSA) is 21.3 Å². The SMILES string of the molecule is CCNOc1cc(F)cc(F)c1. The van der Waals surface area contributed by atoms with Crippen LogP contribution in [-0.2, 0) is 0 Å². The molecule has 0 bridgehead atoms. The zero-order chi connectivity index (χ0) is 8.97. The average molecular weight is 173 g/mol. The van der Waals surface area contributed by atoms with Gasteiger partial charge in [0.15, 0.2) is 5.75 Å². The van der Waals surface area contributed by atoms with Crippen LogP contribution in [0.15, 0.2) is 18.2 Å². The quantitative estimate of drug-likeness (QED) is 0.704. The molecule has 0 heterocycles. The van der Waals surface area contributed by atoms with Crippen LogP contribution in [0.5, 0.6) is 5.75 Å². The van der Waals surface area contributed by atoms with Gasteiger partial charge in [0, 0.05) is 24.7 Å². The Morgan fingerprint density at radius 2 is 1.83 bits per heavy atom. The van der Waals surface area contributed by atoms with E-state index in [-0.39, 0.29) is 5.75 Å². The fraction of sp³-hybridized carbons (Fsp3) is 0.250. The van der Waals surface area contributed by atoms with E-state index in [9.17, 15) is 8.78 Å². The predicted octanol–water partition coefficient (Wildman–Crippen LogP) is 1.87. The Morgan fingerprint density at radius 1 is 1.25 bits per heavy atom. The van der Waals surface area contributed by atoms with Gasteiger partial charge in [-0.05, 0) is 6.92 Å². The van der Waals surface area contributed by atoms with Crippen LogP contribution in [-0.4, -0.2) is 6.54 Å². The Bertz CT molecular complexity index is 245. The van der Waals surface area contributed by atoms with Crippen LogP contribution in [0.3, 0.4) is 0 Å². The molecule has 1 rings (SSSR count).